The van der Waals surface area contributed by atoms with E-state index in [9.17, 15) is 19.2 Å². The topological polar surface area (TPSA) is 98.8 Å². The first-order chi connectivity index (χ1) is 16.4. The molecular formula is C25H32N4O4S. The number of fused-ring (bicyclic) bond motifs is 1. The van der Waals surface area contributed by atoms with E-state index in [2.05, 4.69) is 10.6 Å². The van der Waals surface area contributed by atoms with Gasteiger partial charge in [0.05, 0.1) is 11.8 Å². The van der Waals surface area contributed by atoms with Crippen molar-refractivity contribution in [1.29, 1.82) is 0 Å². The van der Waals surface area contributed by atoms with Crippen molar-refractivity contribution in [3.63, 3.8) is 0 Å². The smallest absolute Gasteiger partial charge is 0.243 e. The van der Waals surface area contributed by atoms with Gasteiger partial charge in [0.15, 0.2) is 0 Å². The normalized spacial score (nSPS) is 27.2. The minimum absolute atomic E-state index is 0.0444. The summed E-state index contributed by atoms with van der Waals surface area (Å²) in [5.41, 5.74) is 1.79. The molecule has 9 heteroatoms. The summed E-state index contributed by atoms with van der Waals surface area (Å²) in [7, 11) is 0. The number of carbonyl (C=O) groups is 4. The first kappa shape index (κ1) is 23.2. The molecule has 1 aromatic carbocycles. The maximum Gasteiger partial charge on any atom is 0.243 e. The van der Waals surface area contributed by atoms with Crippen LogP contribution < -0.4 is 10.6 Å². The highest BCUT2D eigenvalue weighted by molar-refractivity contribution is 7.99. The number of thioether (sulfide) groups is 1. The van der Waals surface area contributed by atoms with Crippen LogP contribution in [0.5, 0.6) is 0 Å². The Bertz CT molecular complexity index is 1010. The predicted molar refractivity (Wildman–Crippen MR) is 130 cm³/mol. The minimum Gasteiger partial charge on any atom is -0.354 e. The van der Waals surface area contributed by atoms with E-state index in [0.717, 1.165) is 36.9 Å². The van der Waals surface area contributed by atoms with Crippen molar-refractivity contribution in [1.82, 2.24) is 15.1 Å². The summed E-state index contributed by atoms with van der Waals surface area (Å²) >= 11 is 1.59. The number of nitrogens with one attached hydrogen (secondary N) is 2. The summed E-state index contributed by atoms with van der Waals surface area (Å²) in [5.74, 6) is 0.796. The maximum absolute atomic E-state index is 13.4. The van der Waals surface area contributed by atoms with Crippen molar-refractivity contribution < 1.29 is 19.2 Å². The van der Waals surface area contributed by atoms with E-state index in [4.69, 9.17) is 0 Å². The fraction of sp³-hybridized carbons (Fsp3) is 0.600. The lowest BCUT2D eigenvalue weighted by atomic mass is 9.73. The molecule has 2 N–H and O–H groups in total. The van der Waals surface area contributed by atoms with Gasteiger partial charge in [-0.25, -0.2) is 0 Å². The number of rotatable bonds is 5. The van der Waals surface area contributed by atoms with E-state index < -0.39 is 6.04 Å². The fourth-order valence-corrected chi connectivity index (χ4v) is 7.18. The summed E-state index contributed by atoms with van der Waals surface area (Å²) in [6, 6.07) is 7.35. The van der Waals surface area contributed by atoms with Crippen LogP contribution in [0.4, 0.5) is 5.69 Å². The summed E-state index contributed by atoms with van der Waals surface area (Å²) in [6.07, 6.45) is 4.76. The Morgan fingerprint density at radius 2 is 2.03 bits per heavy atom. The summed E-state index contributed by atoms with van der Waals surface area (Å²) in [4.78, 5) is 54.2. The van der Waals surface area contributed by atoms with Crippen molar-refractivity contribution in [2.45, 2.75) is 57.0 Å². The van der Waals surface area contributed by atoms with Crippen LogP contribution in [0.15, 0.2) is 24.3 Å². The monoisotopic (exact) mass is 484 g/mol. The van der Waals surface area contributed by atoms with Crippen molar-refractivity contribution in [2.75, 3.05) is 30.0 Å². The molecule has 3 aliphatic heterocycles. The standard InChI is InChI=1S/C25H32N4O4S/c1-16(30)28-15-34-14-21(28)24(33)26-12-17-11-25(7-4-8-25)29(13-17)22(31)10-19-9-18-5-2-3-6-20(18)27-23(19)32/h2-3,5-6,17,19,21H,4,7-15H2,1H3,(H,26,33)(H,27,32)/t17?,19?,21-/m0/s1. The zero-order valence-corrected chi connectivity index (χ0v) is 20.4. The van der Waals surface area contributed by atoms with E-state index in [1.807, 2.05) is 29.2 Å². The third-order valence-electron chi connectivity index (χ3n) is 7.96. The van der Waals surface area contributed by atoms with Crippen LogP contribution in [0, 0.1) is 11.8 Å². The molecule has 0 bridgehead atoms. The zero-order valence-electron chi connectivity index (χ0n) is 19.5. The van der Waals surface area contributed by atoms with E-state index in [0.29, 0.717) is 31.1 Å². The number of benzene rings is 1. The van der Waals surface area contributed by atoms with Crippen LogP contribution in [0.3, 0.4) is 0 Å². The Hall–Kier alpha value is -2.55. The van der Waals surface area contributed by atoms with Gasteiger partial charge in [-0.3, -0.25) is 19.2 Å². The van der Waals surface area contributed by atoms with Gasteiger partial charge in [-0.2, -0.15) is 0 Å². The first-order valence-corrected chi connectivity index (χ1v) is 13.3. The van der Waals surface area contributed by atoms with Gasteiger partial charge in [-0.05, 0) is 49.7 Å². The molecule has 4 aliphatic rings. The SMILES string of the molecule is CC(=O)N1CSC[C@H]1C(=O)NCC1CN(C(=O)CC2Cc3ccccc3NC2=O)C2(CCC2)C1. The van der Waals surface area contributed by atoms with Crippen molar-refractivity contribution in [3.8, 4) is 0 Å². The lowest BCUT2D eigenvalue weighted by molar-refractivity contribution is -0.141. The Balaban J connectivity index is 1.19. The van der Waals surface area contributed by atoms with Gasteiger partial charge >= 0.3 is 0 Å². The van der Waals surface area contributed by atoms with Gasteiger partial charge in [0.2, 0.25) is 23.6 Å². The summed E-state index contributed by atoms with van der Waals surface area (Å²) < 4.78 is 0. The van der Waals surface area contributed by atoms with Crippen molar-refractivity contribution >= 4 is 41.1 Å². The maximum atomic E-state index is 13.4. The molecule has 3 atom stereocenters. The van der Waals surface area contributed by atoms with Gasteiger partial charge < -0.3 is 20.4 Å². The molecule has 3 fully saturated rings. The van der Waals surface area contributed by atoms with Crippen molar-refractivity contribution in [3.05, 3.63) is 29.8 Å². The molecule has 182 valence electrons. The average Bonchev–Trinajstić information content (AvgIpc) is 3.43. The molecule has 8 nitrogen and oxygen atoms in total. The number of para-hydroxylation sites is 1. The third kappa shape index (κ3) is 4.30. The Labute approximate surface area is 204 Å². The van der Waals surface area contributed by atoms with Crippen LogP contribution in [-0.4, -0.2) is 69.7 Å². The molecule has 1 aromatic rings. The first-order valence-electron chi connectivity index (χ1n) is 12.2. The van der Waals surface area contributed by atoms with E-state index in [-0.39, 0.29) is 47.4 Å². The summed E-state index contributed by atoms with van der Waals surface area (Å²) in [6.45, 7) is 2.62. The Morgan fingerprint density at radius 1 is 1.24 bits per heavy atom. The molecule has 34 heavy (non-hydrogen) atoms. The highest BCUT2D eigenvalue weighted by Crippen LogP contribution is 2.48. The van der Waals surface area contributed by atoms with Crippen LogP contribution in [0.2, 0.25) is 0 Å². The molecule has 0 aromatic heterocycles. The lowest BCUT2D eigenvalue weighted by Crippen LogP contribution is -2.52. The largest absolute Gasteiger partial charge is 0.354 e. The van der Waals surface area contributed by atoms with Gasteiger partial charge in [-0.15, -0.1) is 11.8 Å². The third-order valence-corrected chi connectivity index (χ3v) is 8.97. The molecule has 1 aliphatic carbocycles. The zero-order chi connectivity index (χ0) is 23.9. The van der Waals surface area contributed by atoms with Crippen LogP contribution in [0.1, 0.15) is 44.6 Å². The van der Waals surface area contributed by atoms with Crippen LogP contribution in [-0.2, 0) is 25.6 Å². The molecule has 2 unspecified atom stereocenters. The highest BCUT2D eigenvalue weighted by Gasteiger charge is 2.51. The molecule has 4 amide bonds. The van der Waals surface area contributed by atoms with Gasteiger partial charge in [0.25, 0.3) is 0 Å². The second-order valence-electron chi connectivity index (χ2n) is 10.2. The highest BCUT2D eigenvalue weighted by atomic mass is 32.2. The molecule has 2 saturated heterocycles. The fourth-order valence-electron chi connectivity index (χ4n) is 5.96. The second-order valence-corrected chi connectivity index (χ2v) is 11.2. The number of hydrogen-bond donors (Lipinski definition) is 2. The van der Waals surface area contributed by atoms with E-state index >= 15 is 0 Å². The number of likely N-dealkylation sites (tertiary alicyclic amines) is 1. The van der Waals surface area contributed by atoms with Gasteiger partial charge in [0.1, 0.15) is 6.04 Å². The Morgan fingerprint density at radius 3 is 2.76 bits per heavy atom. The summed E-state index contributed by atoms with van der Waals surface area (Å²) in [5, 5.41) is 6.00. The number of nitrogens with zero attached hydrogens (tertiary/aromatic N) is 2. The average molecular weight is 485 g/mol. The second kappa shape index (κ2) is 9.24. The minimum atomic E-state index is -0.410. The molecule has 1 saturated carbocycles. The molecule has 0 radical (unpaired) electrons. The number of carbonyl (C=O) groups excluding carboxylic acids is 4. The molecule has 5 rings (SSSR count). The van der Waals surface area contributed by atoms with Gasteiger partial charge in [0, 0.05) is 43.4 Å². The number of hydrogen-bond acceptors (Lipinski definition) is 5. The molecule has 1 spiro atoms. The Kier molecular flexibility index (Phi) is 6.31. The van der Waals surface area contributed by atoms with Crippen molar-refractivity contribution in [2.24, 2.45) is 11.8 Å². The predicted octanol–water partition coefficient (Wildman–Crippen LogP) is 2.00. The van der Waals surface area contributed by atoms with Crippen LogP contribution in [0.25, 0.3) is 0 Å². The van der Waals surface area contributed by atoms with E-state index in [1.54, 1.807) is 16.7 Å². The number of amides is 4. The molecule has 3 heterocycles. The number of anilines is 1. The quantitative estimate of drug-likeness (QED) is 0.666. The van der Waals surface area contributed by atoms with Crippen LogP contribution >= 0.6 is 11.8 Å². The molecular weight excluding hydrogens is 452 g/mol. The van der Waals surface area contributed by atoms with Gasteiger partial charge in [-0.1, -0.05) is 18.2 Å². The van der Waals surface area contributed by atoms with E-state index in [1.165, 1.54) is 6.92 Å². The lowest BCUT2D eigenvalue weighted by Gasteiger charge is -2.46.